The number of aromatic nitrogens is 4. The smallest absolute Gasteiger partial charge is 0.360 e. The first kappa shape index (κ1) is 14.7. The van der Waals surface area contributed by atoms with Crippen LogP contribution in [0.1, 0.15) is 28.8 Å². The summed E-state index contributed by atoms with van der Waals surface area (Å²) >= 11 is 0. The maximum Gasteiger partial charge on any atom is 0.360 e. The number of aryl methyl sites for hydroxylation is 1. The molecule has 0 unspecified atom stereocenters. The van der Waals surface area contributed by atoms with Crippen LogP contribution in [0.4, 0.5) is 5.88 Å². The zero-order chi connectivity index (χ0) is 15.4. The summed E-state index contributed by atoms with van der Waals surface area (Å²) in [6, 6.07) is 1.60. The van der Waals surface area contributed by atoms with Gasteiger partial charge in [0.15, 0.2) is 5.69 Å². The standard InChI is InChI=1S/C12H15N5O4/c1-4-8-11(12(19)20-3)14-16-17(8)6-9(18)13-10-5-7(2)15-21-10/h5H,4,6H2,1-3H3,(H,13,18). The van der Waals surface area contributed by atoms with Crippen molar-refractivity contribution >= 4 is 17.8 Å². The molecule has 1 amide bonds. The van der Waals surface area contributed by atoms with Crippen LogP contribution in [-0.4, -0.2) is 39.1 Å². The number of ether oxygens (including phenoxy) is 1. The van der Waals surface area contributed by atoms with Crippen LogP contribution in [0.3, 0.4) is 0 Å². The summed E-state index contributed by atoms with van der Waals surface area (Å²) in [5.41, 5.74) is 1.31. The number of carbonyl (C=O) groups is 2. The molecule has 2 aromatic rings. The van der Waals surface area contributed by atoms with Crippen molar-refractivity contribution in [2.24, 2.45) is 0 Å². The Balaban J connectivity index is 2.10. The number of hydrogen-bond acceptors (Lipinski definition) is 7. The number of esters is 1. The Kier molecular flexibility index (Phi) is 4.31. The second-order valence-corrected chi connectivity index (χ2v) is 4.27. The van der Waals surface area contributed by atoms with Gasteiger partial charge < -0.3 is 9.26 Å². The van der Waals surface area contributed by atoms with Gasteiger partial charge in [0.2, 0.25) is 11.8 Å². The van der Waals surface area contributed by atoms with E-state index >= 15 is 0 Å². The lowest BCUT2D eigenvalue weighted by Crippen LogP contribution is -2.21. The zero-order valence-corrected chi connectivity index (χ0v) is 11.9. The Labute approximate surface area is 120 Å². The van der Waals surface area contributed by atoms with Crippen molar-refractivity contribution in [2.75, 3.05) is 12.4 Å². The lowest BCUT2D eigenvalue weighted by molar-refractivity contribution is -0.117. The van der Waals surface area contributed by atoms with E-state index in [9.17, 15) is 9.59 Å². The summed E-state index contributed by atoms with van der Waals surface area (Å²) in [5, 5.41) is 13.8. The van der Waals surface area contributed by atoms with E-state index in [2.05, 4.69) is 25.5 Å². The minimum atomic E-state index is -0.579. The molecule has 0 saturated carbocycles. The highest BCUT2D eigenvalue weighted by atomic mass is 16.5. The monoisotopic (exact) mass is 293 g/mol. The van der Waals surface area contributed by atoms with E-state index in [1.54, 1.807) is 13.0 Å². The molecule has 0 aliphatic heterocycles. The molecule has 21 heavy (non-hydrogen) atoms. The summed E-state index contributed by atoms with van der Waals surface area (Å²) in [5.74, 6) is -0.685. The minimum Gasteiger partial charge on any atom is -0.464 e. The van der Waals surface area contributed by atoms with E-state index in [1.807, 2.05) is 6.92 Å². The second kappa shape index (κ2) is 6.16. The average Bonchev–Trinajstić information content (AvgIpc) is 3.04. The van der Waals surface area contributed by atoms with E-state index in [4.69, 9.17) is 4.52 Å². The van der Waals surface area contributed by atoms with Crippen LogP contribution >= 0.6 is 0 Å². The van der Waals surface area contributed by atoms with Crippen LogP contribution in [0.5, 0.6) is 0 Å². The highest BCUT2D eigenvalue weighted by Gasteiger charge is 2.20. The first-order valence-electron chi connectivity index (χ1n) is 6.29. The van der Waals surface area contributed by atoms with E-state index in [0.717, 1.165) is 0 Å². The van der Waals surface area contributed by atoms with Crippen molar-refractivity contribution in [2.45, 2.75) is 26.8 Å². The molecular formula is C12H15N5O4. The van der Waals surface area contributed by atoms with Crippen molar-refractivity contribution in [3.05, 3.63) is 23.1 Å². The van der Waals surface area contributed by atoms with Gasteiger partial charge in [0.05, 0.1) is 18.5 Å². The molecule has 0 saturated heterocycles. The second-order valence-electron chi connectivity index (χ2n) is 4.27. The summed E-state index contributed by atoms with van der Waals surface area (Å²) < 4.78 is 10.9. The molecular weight excluding hydrogens is 278 g/mol. The molecule has 2 heterocycles. The quantitative estimate of drug-likeness (QED) is 0.801. The van der Waals surface area contributed by atoms with Crippen LogP contribution in [0, 0.1) is 6.92 Å². The molecule has 2 rings (SSSR count). The van der Waals surface area contributed by atoms with Crippen LogP contribution in [0.15, 0.2) is 10.6 Å². The Morgan fingerprint density at radius 3 is 2.81 bits per heavy atom. The van der Waals surface area contributed by atoms with E-state index in [1.165, 1.54) is 11.8 Å². The maximum absolute atomic E-state index is 11.9. The average molecular weight is 293 g/mol. The number of amides is 1. The van der Waals surface area contributed by atoms with Gasteiger partial charge in [-0.2, -0.15) is 0 Å². The number of methoxy groups -OCH3 is 1. The predicted molar refractivity (Wildman–Crippen MR) is 70.6 cm³/mol. The normalized spacial score (nSPS) is 10.4. The number of carbonyl (C=O) groups excluding carboxylic acids is 2. The van der Waals surface area contributed by atoms with Gasteiger partial charge in [-0.3, -0.25) is 10.1 Å². The lowest BCUT2D eigenvalue weighted by atomic mass is 10.2. The molecule has 0 atom stereocenters. The largest absolute Gasteiger partial charge is 0.464 e. The Morgan fingerprint density at radius 2 is 2.24 bits per heavy atom. The number of rotatable bonds is 5. The van der Waals surface area contributed by atoms with Crippen molar-refractivity contribution in [3.8, 4) is 0 Å². The fourth-order valence-corrected chi connectivity index (χ4v) is 1.80. The summed E-state index contributed by atoms with van der Waals surface area (Å²) in [6.45, 7) is 3.49. The van der Waals surface area contributed by atoms with Crippen molar-refractivity contribution in [3.63, 3.8) is 0 Å². The van der Waals surface area contributed by atoms with E-state index in [0.29, 0.717) is 17.8 Å². The van der Waals surface area contributed by atoms with Crippen LogP contribution < -0.4 is 5.32 Å². The third-order valence-electron chi connectivity index (χ3n) is 2.74. The van der Waals surface area contributed by atoms with Gasteiger partial charge in [0.1, 0.15) is 6.54 Å². The predicted octanol–water partition coefficient (Wildman–Crippen LogP) is 0.562. The van der Waals surface area contributed by atoms with Gasteiger partial charge in [-0.25, -0.2) is 9.48 Å². The maximum atomic E-state index is 11.9. The molecule has 1 N–H and O–H groups in total. The molecule has 0 fully saturated rings. The van der Waals surface area contributed by atoms with Gasteiger partial charge in [-0.1, -0.05) is 17.3 Å². The topological polar surface area (TPSA) is 112 Å². The number of nitrogens with zero attached hydrogens (tertiary/aromatic N) is 4. The summed E-state index contributed by atoms with van der Waals surface area (Å²) in [6.07, 6.45) is 0.492. The molecule has 0 aliphatic rings. The molecule has 0 aromatic carbocycles. The third-order valence-corrected chi connectivity index (χ3v) is 2.74. The molecule has 112 valence electrons. The van der Waals surface area contributed by atoms with Gasteiger partial charge in [-0.05, 0) is 13.3 Å². The van der Waals surface area contributed by atoms with Gasteiger partial charge >= 0.3 is 5.97 Å². The van der Waals surface area contributed by atoms with Gasteiger partial charge in [0.25, 0.3) is 0 Å². The molecule has 0 bridgehead atoms. The van der Waals surface area contributed by atoms with Crippen LogP contribution in [0.2, 0.25) is 0 Å². The summed E-state index contributed by atoms with van der Waals surface area (Å²) in [7, 11) is 1.26. The van der Waals surface area contributed by atoms with Crippen LogP contribution in [0.25, 0.3) is 0 Å². The SMILES string of the molecule is CCc1c(C(=O)OC)nnn1CC(=O)Nc1cc(C)no1. The first-order valence-corrected chi connectivity index (χ1v) is 6.29. The molecule has 9 heteroatoms. The van der Waals surface area contributed by atoms with Crippen molar-refractivity contribution in [1.29, 1.82) is 0 Å². The highest BCUT2D eigenvalue weighted by molar-refractivity contribution is 5.90. The van der Waals surface area contributed by atoms with Gasteiger partial charge in [0, 0.05) is 6.07 Å². The lowest BCUT2D eigenvalue weighted by Gasteiger charge is -2.05. The molecule has 0 radical (unpaired) electrons. The van der Waals surface area contributed by atoms with E-state index in [-0.39, 0.29) is 24.0 Å². The number of anilines is 1. The highest BCUT2D eigenvalue weighted by Crippen LogP contribution is 2.10. The zero-order valence-electron chi connectivity index (χ0n) is 11.9. The number of nitrogens with one attached hydrogen (secondary N) is 1. The molecule has 0 spiro atoms. The molecule has 0 aliphatic carbocycles. The van der Waals surface area contributed by atoms with Crippen molar-refractivity contribution < 1.29 is 18.8 Å². The fourth-order valence-electron chi connectivity index (χ4n) is 1.80. The fraction of sp³-hybridized carbons (Fsp3) is 0.417. The number of hydrogen-bond donors (Lipinski definition) is 1. The minimum absolute atomic E-state index is 0.0904. The van der Waals surface area contributed by atoms with Crippen molar-refractivity contribution in [1.82, 2.24) is 20.2 Å². The van der Waals surface area contributed by atoms with E-state index < -0.39 is 5.97 Å². The summed E-state index contributed by atoms with van der Waals surface area (Å²) in [4.78, 5) is 23.4. The Bertz CT molecular complexity index is 660. The Morgan fingerprint density at radius 1 is 1.48 bits per heavy atom. The first-order chi connectivity index (χ1) is 10.0. The van der Waals surface area contributed by atoms with Crippen LogP contribution in [-0.2, 0) is 22.5 Å². The molecule has 2 aromatic heterocycles. The Hall–Kier alpha value is -2.71. The third kappa shape index (κ3) is 3.25. The van der Waals surface area contributed by atoms with Gasteiger partial charge in [-0.15, -0.1) is 5.10 Å². The molecule has 9 nitrogen and oxygen atoms in total.